The number of nitrogens with zero attached hydrogens (tertiary/aromatic N) is 1. The van der Waals surface area contributed by atoms with Crippen LogP contribution in [0.4, 0.5) is 0 Å². The predicted molar refractivity (Wildman–Crippen MR) is 92.5 cm³/mol. The lowest BCUT2D eigenvalue weighted by Crippen LogP contribution is -2.02. The molecule has 0 aliphatic rings. The van der Waals surface area contributed by atoms with E-state index in [4.69, 9.17) is 5.41 Å². The molecule has 2 heteroatoms. The molecule has 1 aromatic heterocycles. The van der Waals surface area contributed by atoms with Crippen molar-refractivity contribution in [3.63, 3.8) is 0 Å². The Morgan fingerprint density at radius 3 is 2.52 bits per heavy atom. The van der Waals surface area contributed by atoms with Crippen molar-refractivity contribution in [3.05, 3.63) is 53.6 Å². The molecule has 0 saturated heterocycles. The van der Waals surface area contributed by atoms with Crippen LogP contribution in [0.25, 0.3) is 27.9 Å². The van der Waals surface area contributed by atoms with E-state index in [1.54, 1.807) is 0 Å². The monoisotopic (exact) mass is 276 g/mol. The third kappa shape index (κ3) is 1.83. The van der Waals surface area contributed by atoms with E-state index in [9.17, 15) is 0 Å². The fourth-order valence-corrected chi connectivity index (χ4v) is 3.32. The highest BCUT2D eigenvalue weighted by Crippen LogP contribution is 2.36. The maximum atomic E-state index is 7.68. The highest BCUT2D eigenvalue weighted by molar-refractivity contribution is 6.11. The standard InChI is InChI=1S/C19H20N2/c1-5-15-13(4)19-17(10-14(15)11-20)16-8-6-7-9-18(16)21(19)12(2)3/h5-12,20H,1H2,2-4H3. The number of aromatic nitrogens is 1. The first-order chi connectivity index (χ1) is 10.1. The molecule has 0 amide bonds. The lowest BCUT2D eigenvalue weighted by Gasteiger charge is -2.15. The van der Waals surface area contributed by atoms with Crippen molar-refractivity contribution < 1.29 is 0 Å². The molecule has 2 aromatic carbocycles. The average molecular weight is 276 g/mol. The van der Waals surface area contributed by atoms with Crippen LogP contribution in [-0.2, 0) is 0 Å². The van der Waals surface area contributed by atoms with E-state index >= 15 is 0 Å². The van der Waals surface area contributed by atoms with Gasteiger partial charge in [0.15, 0.2) is 0 Å². The largest absolute Gasteiger partial charge is 0.338 e. The lowest BCUT2D eigenvalue weighted by atomic mass is 9.98. The van der Waals surface area contributed by atoms with Crippen LogP contribution < -0.4 is 0 Å². The molecule has 0 unspecified atom stereocenters. The van der Waals surface area contributed by atoms with Gasteiger partial charge in [-0.25, -0.2) is 0 Å². The Morgan fingerprint density at radius 1 is 1.19 bits per heavy atom. The van der Waals surface area contributed by atoms with Crippen molar-refractivity contribution >= 4 is 34.1 Å². The zero-order valence-corrected chi connectivity index (χ0v) is 12.8. The van der Waals surface area contributed by atoms with E-state index in [1.165, 1.54) is 33.6 Å². The van der Waals surface area contributed by atoms with Crippen LogP contribution >= 0.6 is 0 Å². The summed E-state index contributed by atoms with van der Waals surface area (Å²) in [6.07, 6.45) is 3.28. The smallest absolute Gasteiger partial charge is 0.0529 e. The summed E-state index contributed by atoms with van der Waals surface area (Å²) in [4.78, 5) is 0. The quantitative estimate of drug-likeness (QED) is 0.627. The van der Waals surface area contributed by atoms with Gasteiger partial charge in [0.05, 0.1) is 5.52 Å². The molecule has 0 radical (unpaired) electrons. The van der Waals surface area contributed by atoms with Crippen molar-refractivity contribution in [2.45, 2.75) is 26.8 Å². The molecule has 3 rings (SSSR count). The van der Waals surface area contributed by atoms with Crippen molar-refractivity contribution in [1.29, 1.82) is 5.41 Å². The maximum Gasteiger partial charge on any atom is 0.0529 e. The number of para-hydroxylation sites is 1. The molecule has 1 N–H and O–H groups in total. The highest BCUT2D eigenvalue weighted by atomic mass is 15.0. The molecule has 0 aliphatic carbocycles. The van der Waals surface area contributed by atoms with E-state index in [1.807, 2.05) is 6.08 Å². The normalized spacial score (nSPS) is 11.4. The van der Waals surface area contributed by atoms with Crippen LogP contribution in [0.3, 0.4) is 0 Å². The summed E-state index contributed by atoms with van der Waals surface area (Å²) in [7, 11) is 0. The fourth-order valence-electron chi connectivity index (χ4n) is 3.32. The van der Waals surface area contributed by atoms with Crippen LogP contribution in [0.15, 0.2) is 36.9 Å². The highest BCUT2D eigenvalue weighted by Gasteiger charge is 2.17. The van der Waals surface area contributed by atoms with Crippen molar-refractivity contribution in [2.24, 2.45) is 0 Å². The maximum absolute atomic E-state index is 7.68. The van der Waals surface area contributed by atoms with Gasteiger partial charge in [-0.1, -0.05) is 30.9 Å². The Hall–Kier alpha value is -2.35. The summed E-state index contributed by atoms with van der Waals surface area (Å²) >= 11 is 0. The van der Waals surface area contributed by atoms with Gasteiger partial charge in [0.1, 0.15) is 0 Å². The summed E-state index contributed by atoms with van der Waals surface area (Å²) in [5, 5.41) is 10.2. The molecule has 21 heavy (non-hydrogen) atoms. The fraction of sp³-hybridized carbons (Fsp3) is 0.211. The van der Waals surface area contributed by atoms with Gasteiger partial charge in [0, 0.05) is 34.1 Å². The summed E-state index contributed by atoms with van der Waals surface area (Å²) < 4.78 is 2.39. The van der Waals surface area contributed by atoms with Gasteiger partial charge in [-0.2, -0.15) is 0 Å². The van der Waals surface area contributed by atoms with Crippen molar-refractivity contribution in [2.75, 3.05) is 0 Å². The molecular weight excluding hydrogens is 256 g/mol. The van der Waals surface area contributed by atoms with Gasteiger partial charge >= 0.3 is 0 Å². The van der Waals surface area contributed by atoms with Crippen molar-refractivity contribution in [1.82, 2.24) is 4.57 Å². The molecule has 0 aliphatic heterocycles. The third-order valence-corrected chi connectivity index (χ3v) is 4.20. The summed E-state index contributed by atoms with van der Waals surface area (Å²) in [5.74, 6) is 0. The Bertz CT molecular complexity index is 866. The zero-order chi connectivity index (χ0) is 15.1. The second-order valence-electron chi connectivity index (χ2n) is 5.73. The Balaban J connectivity index is 2.64. The van der Waals surface area contributed by atoms with Gasteiger partial charge in [0.2, 0.25) is 0 Å². The summed E-state index contributed by atoms with van der Waals surface area (Å²) in [6.45, 7) is 10.5. The number of hydrogen-bond donors (Lipinski definition) is 1. The van der Waals surface area contributed by atoms with E-state index in [0.717, 1.165) is 11.1 Å². The SMILES string of the molecule is C=Cc1c(C=N)cc2c3ccccc3n(C(C)C)c2c1C. The molecule has 2 nitrogen and oxygen atoms in total. The Morgan fingerprint density at radius 2 is 1.90 bits per heavy atom. The minimum Gasteiger partial charge on any atom is -0.338 e. The minimum atomic E-state index is 0.384. The van der Waals surface area contributed by atoms with Crippen LogP contribution in [-0.4, -0.2) is 10.8 Å². The molecular formula is C19H20N2. The first kappa shape index (κ1) is 13.6. The van der Waals surface area contributed by atoms with Crippen LogP contribution in [0, 0.1) is 12.3 Å². The molecule has 0 spiro atoms. The zero-order valence-electron chi connectivity index (χ0n) is 12.8. The second-order valence-corrected chi connectivity index (χ2v) is 5.73. The van der Waals surface area contributed by atoms with Crippen LogP contribution in [0.5, 0.6) is 0 Å². The number of benzene rings is 2. The van der Waals surface area contributed by atoms with E-state index in [2.05, 4.69) is 62.2 Å². The summed E-state index contributed by atoms with van der Waals surface area (Å²) in [5.41, 5.74) is 5.70. The van der Waals surface area contributed by atoms with E-state index in [0.29, 0.717) is 6.04 Å². The van der Waals surface area contributed by atoms with E-state index < -0.39 is 0 Å². The van der Waals surface area contributed by atoms with Gasteiger partial charge in [-0.3, -0.25) is 0 Å². The predicted octanol–water partition coefficient (Wildman–Crippen LogP) is 5.32. The van der Waals surface area contributed by atoms with Crippen LogP contribution in [0.1, 0.15) is 36.6 Å². The first-order valence-electron chi connectivity index (χ1n) is 7.29. The third-order valence-electron chi connectivity index (χ3n) is 4.20. The molecule has 1 heterocycles. The van der Waals surface area contributed by atoms with Crippen LogP contribution in [0.2, 0.25) is 0 Å². The van der Waals surface area contributed by atoms with E-state index in [-0.39, 0.29) is 0 Å². The topological polar surface area (TPSA) is 28.8 Å². The molecule has 0 fully saturated rings. The number of fused-ring (bicyclic) bond motifs is 3. The molecule has 0 saturated carbocycles. The molecule has 106 valence electrons. The number of rotatable bonds is 3. The minimum absolute atomic E-state index is 0.384. The Labute approximate surface area is 125 Å². The second kappa shape index (κ2) is 4.88. The average Bonchev–Trinajstić information content (AvgIpc) is 2.82. The van der Waals surface area contributed by atoms with Gasteiger partial charge in [0.25, 0.3) is 0 Å². The summed E-state index contributed by atoms with van der Waals surface area (Å²) in [6, 6.07) is 11.0. The Kier molecular flexibility index (Phi) is 3.17. The first-order valence-corrected chi connectivity index (χ1v) is 7.29. The van der Waals surface area contributed by atoms with Gasteiger partial charge in [-0.05, 0) is 44.0 Å². The van der Waals surface area contributed by atoms with Gasteiger partial charge in [-0.15, -0.1) is 0 Å². The number of nitrogens with one attached hydrogen (secondary N) is 1. The van der Waals surface area contributed by atoms with Gasteiger partial charge < -0.3 is 9.98 Å². The molecule has 0 bridgehead atoms. The van der Waals surface area contributed by atoms with Crippen molar-refractivity contribution in [3.8, 4) is 0 Å². The number of hydrogen-bond acceptors (Lipinski definition) is 1. The molecule has 3 aromatic rings. The number of aryl methyl sites for hydroxylation is 1. The molecule has 0 atom stereocenters. The lowest BCUT2D eigenvalue weighted by molar-refractivity contribution is 0.641.